The molecule has 1 fully saturated rings. The summed E-state index contributed by atoms with van der Waals surface area (Å²) in [4.78, 5) is 0. The highest BCUT2D eigenvalue weighted by atomic mass is 16.7. The van der Waals surface area contributed by atoms with Gasteiger partial charge in [-0.1, -0.05) is 19.9 Å². The van der Waals surface area contributed by atoms with Crippen LogP contribution in [0, 0.1) is 6.92 Å². The molecular weight excluding hydrogens is 470 g/mol. The lowest BCUT2D eigenvalue weighted by Gasteiger charge is -2.39. The molecule has 0 unspecified atom stereocenters. The molecule has 7 N–H and O–H groups in total. The maximum atomic E-state index is 10.4. The molecule has 1 aliphatic heterocycles. The molecule has 0 aliphatic carbocycles. The van der Waals surface area contributed by atoms with E-state index in [2.05, 4.69) is 15.5 Å². The third-order valence-corrected chi connectivity index (χ3v) is 6.25. The molecule has 1 saturated heterocycles. The number of H-pyrrole nitrogens is 1. The Balaban J connectivity index is 1.72. The molecule has 0 bridgehead atoms. The second kappa shape index (κ2) is 13.3. The number of benzene rings is 1. The molecule has 11 heteroatoms. The maximum Gasteiger partial charge on any atom is 0.238 e. The van der Waals surface area contributed by atoms with Crippen LogP contribution in [0.5, 0.6) is 11.6 Å². The Hall–Kier alpha value is -2.25. The van der Waals surface area contributed by atoms with Crippen LogP contribution in [0.4, 0.5) is 0 Å². The molecule has 3 rings (SSSR count). The van der Waals surface area contributed by atoms with E-state index in [9.17, 15) is 20.4 Å². The number of nitrogens with one attached hydrogen (secondary N) is 2. The van der Waals surface area contributed by atoms with Crippen molar-refractivity contribution in [3.05, 3.63) is 40.6 Å². The fourth-order valence-corrected chi connectivity index (χ4v) is 4.12. The number of aromatic amines is 1. The number of aromatic nitrogens is 2. The van der Waals surface area contributed by atoms with Crippen LogP contribution >= 0.6 is 0 Å². The minimum absolute atomic E-state index is 0.113. The van der Waals surface area contributed by atoms with E-state index < -0.39 is 37.3 Å². The second-order valence-electron chi connectivity index (χ2n) is 9.33. The quantitative estimate of drug-likeness (QED) is 0.182. The predicted molar refractivity (Wildman–Crippen MR) is 131 cm³/mol. The van der Waals surface area contributed by atoms with Gasteiger partial charge >= 0.3 is 0 Å². The van der Waals surface area contributed by atoms with Crippen LogP contribution in [0.3, 0.4) is 0 Å². The van der Waals surface area contributed by atoms with Gasteiger partial charge in [-0.3, -0.25) is 5.10 Å². The van der Waals surface area contributed by atoms with Gasteiger partial charge in [0, 0.05) is 24.2 Å². The number of hydrogen-bond acceptors (Lipinski definition) is 10. The van der Waals surface area contributed by atoms with E-state index in [4.69, 9.17) is 19.3 Å². The van der Waals surface area contributed by atoms with Crippen LogP contribution in [-0.2, 0) is 11.2 Å². The zero-order valence-electron chi connectivity index (χ0n) is 21.1. The van der Waals surface area contributed by atoms with Crippen molar-refractivity contribution in [3.8, 4) is 11.6 Å². The molecule has 5 atom stereocenters. The number of aryl methyl sites for hydroxylation is 1. The molecule has 11 nitrogen and oxygen atoms in total. The maximum absolute atomic E-state index is 10.4. The Bertz CT molecular complexity index is 951. The summed E-state index contributed by atoms with van der Waals surface area (Å²) < 4.78 is 17.2. The number of hydrogen-bond donors (Lipinski definition) is 7. The minimum Gasteiger partial charge on any atom is -0.494 e. The fourth-order valence-electron chi connectivity index (χ4n) is 4.12. The number of rotatable bonds is 13. The Morgan fingerprint density at radius 1 is 1.11 bits per heavy atom. The van der Waals surface area contributed by atoms with Crippen LogP contribution in [0.2, 0.25) is 0 Å². The highest BCUT2D eigenvalue weighted by Gasteiger charge is 2.45. The standard InChI is InChI=1S/C25H39N3O8/c1-14(2)20-18(12-16-5-6-17(11-15(16)3)34-10-4-7-26-8-9-29)24(28-27-20)36-25-23(33)22(32)21(31)19(13-30)35-25/h5-6,11,14,19,21-23,25-26,29-33H,4,7-10,12-13H2,1-3H3,(H,27,28)/t19-,21-,22+,23-,25+/m1/s1. The third kappa shape index (κ3) is 6.94. The highest BCUT2D eigenvalue weighted by molar-refractivity contribution is 5.42. The molecular formula is C25H39N3O8. The molecule has 0 spiro atoms. The highest BCUT2D eigenvalue weighted by Crippen LogP contribution is 2.32. The van der Waals surface area contributed by atoms with Crippen LogP contribution in [0.25, 0.3) is 0 Å². The van der Waals surface area contributed by atoms with Crippen molar-refractivity contribution in [1.29, 1.82) is 0 Å². The summed E-state index contributed by atoms with van der Waals surface area (Å²) in [6, 6.07) is 5.88. The fraction of sp³-hybridized carbons (Fsp3) is 0.640. The molecule has 2 aromatic rings. The molecule has 0 radical (unpaired) electrons. The van der Waals surface area contributed by atoms with Gasteiger partial charge < -0.3 is 45.1 Å². The zero-order valence-corrected chi connectivity index (χ0v) is 21.1. The van der Waals surface area contributed by atoms with Gasteiger partial charge in [-0.15, -0.1) is 5.10 Å². The largest absolute Gasteiger partial charge is 0.494 e. The van der Waals surface area contributed by atoms with Gasteiger partial charge in [0.05, 0.1) is 19.8 Å². The lowest BCUT2D eigenvalue weighted by Crippen LogP contribution is -2.60. The minimum atomic E-state index is -1.53. The lowest BCUT2D eigenvalue weighted by molar-refractivity contribution is -0.278. The summed E-state index contributed by atoms with van der Waals surface area (Å²) in [5, 5.41) is 59.2. The second-order valence-corrected chi connectivity index (χ2v) is 9.33. The van der Waals surface area contributed by atoms with Crippen molar-refractivity contribution in [3.63, 3.8) is 0 Å². The summed E-state index contributed by atoms with van der Waals surface area (Å²) in [6.45, 7) is 7.53. The topological polar surface area (TPSA) is 170 Å². The van der Waals surface area contributed by atoms with Crippen molar-refractivity contribution in [2.24, 2.45) is 0 Å². The summed E-state index contributed by atoms with van der Waals surface area (Å²) in [6.07, 6.45) is -5.58. The van der Waals surface area contributed by atoms with Gasteiger partial charge in [0.1, 0.15) is 30.2 Å². The zero-order chi connectivity index (χ0) is 26.2. The number of aliphatic hydroxyl groups excluding tert-OH is 5. The van der Waals surface area contributed by atoms with E-state index in [1.165, 1.54) is 0 Å². The van der Waals surface area contributed by atoms with E-state index in [1.54, 1.807) is 0 Å². The third-order valence-electron chi connectivity index (χ3n) is 6.25. The predicted octanol–water partition coefficient (Wildman–Crippen LogP) is -0.0382. The number of nitrogens with zero attached hydrogens (tertiary/aromatic N) is 1. The monoisotopic (exact) mass is 509 g/mol. The average molecular weight is 510 g/mol. The van der Waals surface area contributed by atoms with Gasteiger partial charge in [0.25, 0.3) is 0 Å². The van der Waals surface area contributed by atoms with Crippen LogP contribution in [0.1, 0.15) is 48.6 Å². The molecule has 1 aliphatic rings. The number of aliphatic hydroxyl groups is 5. The Morgan fingerprint density at radius 3 is 2.56 bits per heavy atom. The molecule has 0 saturated carbocycles. The van der Waals surface area contributed by atoms with Gasteiger partial charge in [0.15, 0.2) is 0 Å². The smallest absolute Gasteiger partial charge is 0.238 e. The lowest BCUT2D eigenvalue weighted by atomic mass is 9.96. The first-order valence-corrected chi connectivity index (χ1v) is 12.3. The Labute approximate surface area is 211 Å². The first-order chi connectivity index (χ1) is 17.3. The van der Waals surface area contributed by atoms with Crippen molar-refractivity contribution in [2.45, 2.75) is 70.2 Å². The van der Waals surface area contributed by atoms with Crippen molar-refractivity contribution in [2.75, 3.05) is 32.9 Å². The van der Waals surface area contributed by atoms with E-state index in [1.807, 2.05) is 39.0 Å². The van der Waals surface area contributed by atoms with Crippen LogP contribution < -0.4 is 14.8 Å². The molecule has 1 aromatic carbocycles. The molecule has 1 aromatic heterocycles. The Morgan fingerprint density at radius 2 is 1.89 bits per heavy atom. The Kier molecular flexibility index (Phi) is 10.5. The number of ether oxygens (including phenoxy) is 3. The molecule has 2 heterocycles. The van der Waals surface area contributed by atoms with Gasteiger partial charge in [0.2, 0.25) is 12.2 Å². The van der Waals surface area contributed by atoms with Crippen LogP contribution in [-0.4, -0.2) is 99.3 Å². The SMILES string of the molecule is Cc1cc(OCCCNCCO)ccc1Cc1c(O[C@@H]2O[C@H](CO)[C@@H](O)[C@H](O)[C@H]2O)n[nH]c1C(C)C. The van der Waals surface area contributed by atoms with E-state index >= 15 is 0 Å². The summed E-state index contributed by atoms with van der Waals surface area (Å²) >= 11 is 0. The van der Waals surface area contributed by atoms with Gasteiger partial charge in [-0.2, -0.15) is 0 Å². The van der Waals surface area contributed by atoms with Crippen LogP contribution in [0.15, 0.2) is 18.2 Å². The first kappa shape index (κ1) is 28.3. The van der Waals surface area contributed by atoms with Crippen molar-refractivity contribution >= 4 is 0 Å². The first-order valence-electron chi connectivity index (χ1n) is 12.3. The van der Waals surface area contributed by atoms with E-state index in [-0.39, 0.29) is 18.4 Å². The van der Waals surface area contributed by atoms with E-state index in [0.29, 0.717) is 19.6 Å². The van der Waals surface area contributed by atoms with Crippen molar-refractivity contribution in [1.82, 2.24) is 15.5 Å². The van der Waals surface area contributed by atoms with Crippen molar-refractivity contribution < 1.29 is 39.7 Å². The van der Waals surface area contributed by atoms with Gasteiger partial charge in [-0.05, 0) is 49.1 Å². The summed E-state index contributed by atoms with van der Waals surface area (Å²) in [5.41, 5.74) is 3.72. The molecule has 202 valence electrons. The van der Waals surface area contributed by atoms with Gasteiger partial charge in [-0.25, -0.2) is 0 Å². The normalized spacial score (nSPS) is 24.3. The molecule has 36 heavy (non-hydrogen) atoms. The molecule has 0 amide bonds. The van der Waals surface area contributed by atoms with E-state index in [0.717, 1.165) is 41.1 Å². The average Bonchev–Trinajstić information content (AvgIpc) is 3.25. The summed E-state index contributed by atoms with van der Waals surface area (Å²) in [5.74, 6) is 1.10. The summed E-state index contributed by atoms with van der Waals surface area (Å²) in [7, 11) is 0.